The Bertz CT molecular complexity index is 1150. The van der Waals surface area contributed by atoms with Gasteiger partial charge in [0, 0.05) is 34.5 Å². The molecule has 1 aliphatic heterocycles. The van der Waals surface area contributed by atoms with Crippen molar-refractivity contribution in [3.63, 3.8) is 0 Å². The van der Waals surface area contributed by atoms with Crippen molar-refractivity contribution < 1.29 is 19.1 Å². The summed E-state index contributed by atoms with van der Waals surface area (Å²) in [7, 11) is 0. The predicted octanol–water partition coefficient (Wildman–Crippen LogP) is 4.61. The number of halogens is 2. The van der Waals surface area contributed by atoms with Crippen LogP contribution in [0.15, 0.2) is 83.1 Å². The molecule has 2 aromatic carbocycles. The molecule has 1 aliphatic rings. The average molecular weight is 467 g/mol. The van der Waals surface area contributed by atoms with E-state index in [-0.39, 0.29) is 23.4 Å². The molecule has 0 spiro atoms. The molecule has 150 valence electrons. The van der Waals surface area contributed by atoms with Crippen LogP contribution in [0.2, 0.25) is 0 Å². The first-order valence-corrected chi connectivity index (χ1v) is 9.94. The lowest BCUT2D eigenvalue weighted by Crippen LogP contribution is -2.29. The standard InChI is InChI=1S/C23H16BrFN2O3/c24-16-7-5-15(6-8-16)21(28)19-20(17-3-1-2-4-18(17)25)27(23(30)22(19)29)13-14-9-11-26-12-10-14/h1-12,20,28H,13H2/b21-19-. The first-order chi connectivity index (χ1) is 14.5. The molecule has 0 aliphatic carbocycles. The highest BCUT2D eigenvalue weighted by Gasteiger charge is 2.46. The van der Waals surface area contributed by atoms with Crippen molar-refractivity contribution in [2.45, 2.75) is 12.6 Å². The topological polar surface area (TPSA) is 70.5 Å². The summed E-state index contributed by atoms with van der Waals surface area (Å²) in [6.45, 7) is 0.0726. The number of Topliss-reactive ketones (excluding diaryl/α,β-unsaturated/α-hetero) is 1. The van der Waals surface area contributed by atoms with E-state index < -0.39 is 23.5 Å². The molecule has 7 heteroatoms. The van der Waals surface area contributed by atoms with Gasteiger partial charge in [-0.15, -0.1) is 0 Å². The van der Waals surface area contributed by atoms with E-state index in [9.17, 15) is 19.1 Å². The molecule has 0 radical (unpaired) electrons. The molecule has 0 saturated carbocycles. The number of benzene rings is 2. The fourth-order valence-corrected chi connectivity index (χ4v) is 3.78. The maximum Gasteiger partial charge on any atom is 0.295 e. The van der Waals surface area contributed by atoms with Crippen LogP contribution in [-0.4, -0.2) is 26.7 Å². The van der Waals surface area contributed by atoms with Crippen LogP contribution in [0.1, 0.15) is 22.7 Å². The maximum atomic E-state index is 14.7. The molecule has 1 fully saturated rings. The Hall–Kier alpha value is -3.32. The summed E-state index contributed by atoms with van der Waals surface area (Å²) < 4.78 is 15.5. The number of hydrogen-bond donors (Lipinski definition) is 1. The van der Waals surface area contributed by atoms with Crippen LogP contribution < -0.4 is 0 Å². The van der Waals surface area contributed by atoms with Crippen molar-refractivity contribution >= 4 is 33.4 Å². The Morgan fingerprint density at radius 1 is 1.03 bits per heavy atom. The number of pyridine rings is 1. The van der Waals surface area contributed by atoms with Gasteiger partial charge in [-0.05, 0) is 35.9 Å². The molecular formula is C23H16BrFN2O3. The van der Waals surface area contributed by atoms with E-state index in [0.717, 1.165) is 10.0 Å². The second kappa shape index (κ2) is 8.20. The van der Waals surface area contributed by atoms with Gasteiger partial charge < -0.3 is 10.0 Å². The fourth-order valence-electron chi connectivity index (χ4n) is 3.51. The Morgan fingerprint density at radius 2 is 1.70 bits per heavy atom. The lowest BCUT2D eigenvalue weighted by molar-refractivity contribution is -0.140. The minimum atomic E-state index is -1.05. The SMILES string of the molecule is O=C1C(=O)N(Cc2ccncc2)C(c2ccccc2F)/C1=C(/O)c1ccc(Br)cc1. The van der Waals surface area contributed by atoms with Gasteiger partial charge >= 0.3 is 0 Å². The van der Waals surface area contributed by atoms with E-state index in [2.05, 4.69) is 20.9 Å². The summed E-state index contributed by atoms with van der Waals surface area (Å²) in [5.74, 6) is -2.55. The van der Waals surface area contributed by atoms with E-state index >= 15 is 0 Å². The Kier molecular flexibility index (Phi) is 5.46. The lowest BCUT2D eigenvalue weighted by atomic mass is 9.95. The zero-order chi connectivity index (χ0) is 21.3. The number of aromatic nitrogens is 1. The van der Waals surface area contributed by atoms with Crippen LogP contribution in [0.25, 0.3) is 5.76 Å². The van der Waals surface area contributed by atoms with Gasteiger partial charge in [0.25, 0.3) is 11.7 Å². The number of carbonyl (C=O) groups excluding carboxylic acids is 2. The predicted molar refractivity (Wildman–Crippen MR) is 113 cm³/mol. The van der Waals surface area contributed by atoms with E-state index in [0.29, 0.717) is 5.56 Å². The van der Waals surface area contributed by atoms with Crippen LogP contribution in [0.5, 0.6) is 0 Å². The zero-order valence-corrected chi connectivity index (χ0v) is 17.2. The summed E-state index contributed by atoms with van der Waals surface area (Å²) >= 11 is 3.32. The van der Waals surface area contributed by atoms with Gasteiger partial charge in [0.15, 0.2) is 0 Å². The molecule has 1 atom stereocenters. The van der Waals surface area contributed by atoms with Gasteiger partial charge in [0.05, 0.1) is 11.6 Å². The molecule has 0 bridgehead atoms. The number of rotatable bonds is 4. The fraction of sp³-hybridized carbons (Fsp3) is 0.0870. The van der Waals surface area contributed by atoms with Crippen molar-refractivity contribution in [2.75, 3.05) is 0 Å². The Balaban J connectivity index is 1.88. The summed E-state index contributed by atoms with van der Waals surface area (Å²) in [4.78, 5) is 31.0. The Morgan fingerprint density at radius 3 is 2.37 bits per heavy atom. The van der Waals surface area contributed by atoms with Crippen molar-refractivity contribution in [2.24, 2.45) is 0 Å². The number of amides is 1. The monoisotopic (exact) mass is 466 g/mol. The summed E-state index contributed by atoms with van der Waals surface area (Å²) in [5, 5.41) is 10.9. The highest BCUT2D eigenvalue weighted by Crippen LogP contribution is 2.41. The minimum Gasteiger partial charge on any atom is -0.507 e. The second-order valence-electron chi connectivity index (χ2n) is 6.81. The molecule has 1 amide bonds. The third kappa shape index (κ3) is 3.64. The molecule has 5 nitrogen and oxygen atoms in total. The number of likely N-dealkylation sites (tertiary alicyclic amines) is 1. The number of ketones is 1. The van der Waals surface area contributed by atoms with E-state index in [4.69, 9.17) is 0 Å². The third-order valence-corrected chi connectivity index (χ3v) is 5.49. The van der Waals surface area contributed by atoms with Gasteiger partial charge in [0.2, 0.25) is 0 Å². The average Bonchev–Trinajstić information content (AvgIpc) is 3.00. The quantitative estimate of drug-likeness (QED) is 0.346. The maximum absolute atomic E-state index is 14.7. The van der Waals surface area contributed by atoms with E-state index in [1.54, 1.807) is 54.9 Å². The first-order valence-electron chi connectivity index (χ1n) is 9.15. The summed E-state index contributed by atoms with van der Waals surface area (Å²) in [6, 6.07) is 15.0. The summed E-state index contributed by atoms with van der Waals surface area (Å²) in [6.07, 6.45) is 3.15. The van der Waals surface area contributed by atoms with Gasteiger partial charge in [0.1, 0.15) is 11.6 Å². The highest BCUT2D eigenvalue weighted by atomic mass is 79.9. The molecule has 3 aromatic rings. The van der Waals surface area contributed by atoms with E-state index in [1.807, 2.05) is 0 Å². The molecule has 1 aromatic heterocycles. The molecular weight excluding hydrogens is 451 g/mol. The van der Waals surface area contributed by atoms with Gasteiger partial charge in [-0.1, -0.05) is 46.3 Å². The molecule has 2 heterocycles. The van der Waals surface area contributed by atoms with E-state index in [1.165, 1.54) is 23.1 Å². The number of aliphatic hydroxyl groups excluding tert-OH is 1. The van der Waals surface area contributed by atoms with Crippen LogP contribution in [0, 0.1) is 5.82 Å². The smallest absolute Gasteiger partial charge is 0.295 e. The molecule has 1 unspecified atom stereocenters. The van der Waals surface area contributed by atoms with Crippen molar-refractivity contribution in [3.05, 3.63) is 106 Å². The zero-order valence-electron chi connectivity index (χ0n) is 15.6. The largest absolute Gasteiger partial charge is 0.507 e. The highest BCUT2D eigenvalue weighted by molar-refractivity contribution is 9.10. The number of aliphatic hydroxyl groups is 1. The Labute approximate surface area is 180 Å². The van der Waals surface area contributed by atoms with Gasteiger partial charge in [-0.2, -0.15) is 0 Å². The number of hydrogen-bond acceptors (Lipinski definition) is 4. The molecule has 30 heavy (non-hydrogen) atoms. The van der Waals surface area contributed by atoms with Crippen LogP contribution in [0.3, 0.4) is 0 Å². The van der Waals surface area contributed by atoms with Crippen LogP contribution in [0.4, 0.5) is 4.39 Å². The van der Waals surface area contributed by atoms with Crippen LogP contribution >= 0.6 is 15.9 Å². The summed E-state index contributed by atoms with van der Waals surface area (Å²) in [5.41, 5.74) is 1.10. The van der Waals surface area contributed by atoms with Crippen molar-refractivity contribution in [3.8, 4) is 0 Å². The lowest BCUT2D eigenvalue weighted by Gasteiger charge is -2.25. The van der Waals surface area contributed by atoms with Gasteiger partial charge in [-0.3, -0.25) is 14.6 Å². The van der Waals surface area contributed by atoms with Gasteiger partial charge in [-0.25, -0.2) is 4.39 Å². The number of carbonyl (C=O) groups is 2. The normalized spacial score (nSPS) is 18.1. The number of nitrogens with zero attached hydrogens (tertiary/aromatic N) is 2. The molecule has 4 rings (SSSR count). The van der Waals surface area contributed by atoms with Crippen LogP contribution in [-0.2, 0) is 16.1 Å². The second-order valence-corrected chi connectivity index (χ2v) is 7.73. The molecule has 1 N–H and O–H groups in total. The minimum absolute atomic E-state index is 0.0726. The van der Waals surface area contributed by atoms with Crippen molar-refractivity contribution in [1.82, 2.24) is 9.88 Å². The molecule has 1 saturated heterocycles. The third-order valence-electron chi connectivity index (χ3n) is 4.96. The first kappa shape index (κ1) is 20.0. The van der Waals surface area contributed by atoms with Crippen molar-refractivity contribution in [1.29, 1.82) is 0 Å².